The Kier molecular flexibility index (Phi) is 4.65. The van der Waals surface area contributed by atoms with Gasteiger partial charge in [-0.2, -0.15) is 17.0 Å². The second-order valence-corrected chi connectivity index (χ2v) is 8.45. The molecule has 0 aromatic rings. The third-order valence-electron chi connectivity index (χ3n) is 4.71. The molecular formula is C14H27N3O2S. The van der Waals surface area contributed by atoms with Crippen LogP contribution in [0.25, 0.3) is 0 Å². The van der Waals surface area contributed by atoms with Gasteiger partial charge in [-0.25, -0.2) is 0 Å². The number of nitrogens with zero attached hydrogens (tertiary/aromatic N) is 2. The van der Waals surface area contributed by atoms with Crippen LogP contribution in [0.4, 0.5) is 0 Å². The molecule has 116 valence electrons. The first-order chi connectivity index (χ1) is 9.66. The predicted octanol–water partition coefficient (Wildman–Crippen LogP) is 1.18. The highest BCUT2D eigenvalue weighted by molar-refractivity contribution is 7.86. The fourth-order valence-corrected chi connectivity index (χ4v) is 5.08. The molecule has 1 aliphatic carbocycles. The van der Waals surface area contributed by atoms with Crippen LogP contribution in [-0.2, 0) is 10.2 Å². The second-order valence-electron chi connectivity index (χ2n) is 6.52. The summed E-state index contributed by atoms with van der Waals surface area (Å²) < 4.78 is 29.2. The first-order valence-electron chi connectivity index (χ1n) is 8.15. The monoisotopic (exact) mass is 301 g/mol. The molecule has 3 rings (SSSR count). The van der Waals surface area contributed by atoms with Crippen LogP contribution in [0.2, 0.25) is 0 Å². The van der Waals surface area contributed by atoms with Crippen molar-refractivity contribution in [2.45, 2.75) is 51.0 Å². The molecule has 2 saturated heterocycles. The van der Waals surface area contributed by atoms with Crippen molar-refractivity contribution in [1.82, 2.24) is 13.9 Å². The third-order valence-corrected chi connectivity index (χ3v) is 6.68. The molecule has 20 heavy (non-hydrogen) atoms. The van der Waals surface area contributed by atoms with Gasteiger partial charge in [0, 0.05) is 32.2 Å². The molecule has 1 N–H and O–H groups in total. The van der Waals surface area contributed by atoms with E-state index in [-0.39, 0.29) is 0 Å². The highest BCUT2D eigenvalue weighted by Crippen LogP contribution is 2.31. The Morgan fingerprint density at radius 2 is 1.75 bits per heavy atom. The number of hydrogen-bond acceptors (Lipinski definition) is 3. The van der Waals surface area contributed by atoms with E-state index in [2.05, 4.69) is 5.32 Å². The Balaban J connectivity index is 1.68. The predicted molar refractivity (Wildman–Crippen MR) is 79.7 cm³/mol. The molecule has 0 bridgehead atoms. The van der Waals surface area contributed by atoms with Crippen LogP contribution >= 0.6 is 0 Å². The molecular weight excluding hydrogens is 274 g/mol. The Morgan fingerprint density at radius 3 is 2.35 bits per heavy atom. The highest BCUT2D eigenvalue weighted by Gasteiger charge is 2.36. The van der Waals surface area contributed by atoms with Crippen molar-refractivity contribution in [1.29, 1.82) is 0 Å². The van der Waals surface area contributed by atoms with Gasteiger partial charge in [0.05, 0.1) is 0 Å². The van der Waals surface area contributed by atoms with Gasteiger partial charge in [-0.1, -0.05) is 6.42 Å². The summed E-state index contributed by atoms with van der Waals surface area (Å²) in [6.07, 6.45) is 7.87. The molecule has 0 aromatic heterocycles. The summed E-state index contributed by atoms with van der Waals surface area (Å²) in [6.45, 7) is 3.85. The average molecular weight is 301 g/mol. The molecule has 2 heterocycles. The molecule has 0 radical (unpaired) electrons. The fourth-order valence-electron chi connectivity index (χ4n) is 3.27. The average Bonchev–Trinajstić information content (AvgIpc) is 3.13. The van der Waals surface area contributed by atoms with Crippen molar-refractivity contribution < 1.29 is 8.42 Å². The summed E-state index contributed by atoms with van der Waals surface area (Å²) in [6, 6.07) is 0.355. The van der Waals surface area contributed by atoms with Crippen molar-refractivity contribution in [3.63, 3.8) is 0 Å². The van der Waals surface area contributed by atoms with Gasteiger partial charge in [0.15, 0.2) is 0 Å². The summed E-state index contributed by atoms with van der Waals surface area (Å²) in [4.78, 5) is 0. The quantitative estimate of drug-likeness (QED) is 0.801. The zero-order chi connectivity index (χ0) is 14.0. The molecule has 0 amide bonds. The number of piperidine rings is 1. The van der Waals surface area contributed by atoms with Crippen molar-refractivity contribution >= 4 is 10.2 Å². The minimum Gasteiger partial charge on any atom is -0.313 e. The SMILES string of the molecule is O=S(=O)(N1CCCCC1)N(CC1CC1)CC1CCCN1. The van der Waals surface area contributed by atoms with Gasteiger partial charge in [-0.15, -0.1) is 0 Å². The summed E-state index contributed by atoms with van der Waals surface area (Å²) in [7, 11) is -3.24. The van der Waals surface area contributed by atoms with Crippen molar-refractivity contribution in [2.75, 3.05) is 32.7 Å². The fraction of sp³-hybridized carbons (Fsp3) is 1.00. The Bertz CT molecular complexity index is 410. The first-order valence-corrected chi connectivity index (χ1v) is 9.54. The Labute approximate surface area is 122 Å². The van der Waals surface area contributed by atoms with Crippen LogP contribution in [0.3, 0.4) is 0 Å². The molecule has 6 heteroatoms. The van der Waals surface area contributed by atoms with Crippen LogP contribution in [-0.4, -0.2) is 55.8 Å². The lowest BCUT2D eigenvalue weighted by Crippen LogP contribution is -2.50. The minimum atomic E-state index is -3.24. The topological polar surface area (TPSA) is 52.7 Å². The molecule has 3 fully saturated rings. The van der Waals surface area contributed by atoms with Crippen LogP contribution in [0.15, 0.2) is 0 Å². The maximum absolute atomic E-state index is 12.9. The Hall–Kier alpha value is -0.170. The van der Waals surface area contributed by atoms with Crippen molar-refractivity contribution in [3.8, 4) is 0 Å². The number of rotatable bonds is 6. The van der Waals surface area contributed by atoms with E-state index in [0.717, 1.165) is 32.4 Å². The van der Waals surface area contributed by atoms with Gasteiger partial charge >= 0.3 is 0 Å². The summed E-state index contributed by atoms with van der Waals surface area (Å²) >= 11 is 0. The lowest BCUT2D eigenvalue weighted by molar-refractivity contribution is 0.287. The summed E-state index contributed by atoms with van der Waals surface area (Å²) in [5.74, 6) is 0.607. The first kappa shape index (κ1) is 14.8. The van der Waals surface area contributed by atoms with E-state index < -0.39 is 10.2 Å². The number of nitrogens with one attached hydrogen (secondary N) is 1. The highest BCUT2D eigenvalue weighted by atomic mass is 32.2. The van der Waals surface area contributed by atoms with E-state index in [9.17, 15) is 8.42 Å². The van der Waals surface area contributed by atoms with Crippen LogP contribution in [0.1, 0.15) is 44.9 Å². The zero-order valence-corrected chi connectivity index (χ0v) is 13.1. The van der Waals surface area contributed by atoms with Crippen LogP contribution in [0.5, 0.6) is 0 Å². The van der Waals surface area contributed by atoms with Crippen LogP contribution in [0, 0.1) is 5.92 Å². The van der Waals surface area contributed by atoms with E-state index in [1.165, 1.54) is 25.7 Å². The van der Waals surface area contributed by atoms with E-state index in [0.29, 0.717) is 31.6 Å². The van der Waals surface area contributed by atoms with Gasteiger partial charge in [-0.3, -0.25) is 0 Å². The lowest BCUT2D eigenvalue weighted by Gasteiger charge is -2.33. The molecule has 5 nitrogen and oxygen atoms in total. The van der Waals surface area contributed by atoms with E-state index in [1.54, 1.807) is 8.61 Å². The molecule has 2 aliphatic heterocycles. The van der Waals surface area contributed by atoms with Gasteiger partial charge in [0.25, 0.3) is 10.2 Å². The van der Waals surface area contributed by atoms with Gasteiger partial charge < -0.3 is 5.32 Å². The summed E-state index contributed by atoms with van der Waals surface area (Å²) in [5, 5.41) is 3.43. The maximum Gasteiger partial charge on any atom is 0.282 e. The van der Waals surface area contributed by atoms with E-state index in [1.807, 2.05) is 0 Å². The van der Waals surface area contributed by atoms with Crippen LogP contribution < -0.4 is 5.32 Å². The minimum absolute atomic E-state index is 0.355. The molecule has 1 atom stereocenters. The second kappa shape index (κ2) is 6.30. The lowest BCUT2D eigenvalue weighted by atomic mass is 10.2. The van der Waals surface area contributed by atoms with Gasteiger partial charge in [-0.05, 0) is 51.0 Å². The van der Waals surface area contributed by atoms with E-state index in [4.69, 9.17) is 0 Å². The molecule has 3 aliphatic rings. The normalized spacial score (nSPS) is 29.1. The standard InChI is InChI=1S/C14H27N3O2S/c18-20(19,16-9-2-1-3-10-16)17(11-13-6-7-13)12-14-5-4-8-15-14/h13-15H,1-12H2. The zero-order valence-electron chi connectivity index (χ0n) is 12.3. The van der Waals surface area contributed by atoms with E-state index >= 15 is 0 Å². The van der Waals surface area contributed by atoms with Gasteiger partial charge in [0.2, 0.25) is 0 Å². The van der Waals surface area contributed by atoms with Crippen molar-refractivity contribution in [3.05, 3.63) is 0 Å². The third kappa shape index (κ3) is 3.53. The largest absolute Gasteiger partial charge is 0.313 e. The Morgan fingerprint density at radius 1 is 1.00 bits per heavy atom. The van der Waals surface area contributed by atoms with Crippen molar-refractivity contribution in [2.24, 2.45) is 5.92 Å². The molecule has 0 aromatic carbocycles. The number of hydrogen-bond donors (Lipinski definition) is 1. The molecule has 1 saturated carbocycles. The van der Waals surface area contributed by atoms with Gasteiger partial charge in [0.1, 0.15) is 0 Å². The summed E-state index contributed by atoms with van der Waals surface area (Å²) in [5.41, 5.74) is 0. The maximum atomic E-state index is 12.9. The molecule has 0 spiro atoms. The smallest absolute Gasteiger partial charge is 0.282 e. The molecule has 1 unspecified atom stereocenters.